The van der Waals surface area contributed by atoms with Gasteiger partial charge < -0.3 is 14.0 Å². The number of nitrogens with zero attached hydrogens (tertiary/aromatic N) is 2. The van der Waals surface area contributed by atoms with Gasteiger partial charge in [0.15, 0.2) is 5.79 Å². The van der Waals surface area contributed by atoms with Gasteiger partial charge in [-0.1, -0.05) is 54.6 Å². The Hall–Kier alpha value is -3.41. The Morgan fingerprint density at radius 3 is 2.25 bits per heavy atom. The smallest absolute Gasteiger partial charge is 0.344 e. The van der Waals surface area contributed by atoms with Gasteiger partial charge in [0.2, 0.25) is 0 Å². The zero-order valence-electron chi connectivity index (χ0n) is 17.1. The highest BCUT2D eigenvalue weighted by atomic mass is 19.4. The lowest BCUT2D eigenvalue weighted by Crippen LogP contribution is -2.25. The molecule has 32 heavy (non-hydrogen) atoms. The molecule has 2 heterocycles. The first-order valence-corrected chi connectivity index (χ1v) is 9.88. The molecule has 1 fully saturated rings. The Kier molecular flexibility index (Phi) is 5.63. The van der Waals surface area contributed by atoms with Crippen LogP contribution in [0.1, 0.15) is 23.6 Å². The molecule has 0 amide bonds. The molecule has 0 aliphatic carbocycles. The van der Waals surface area contributed by atoms with E-state index >= 15 is 0 Å². The molecule has 3 aromatic rings. The molecule has 0 N–H and O–H groups in total. The second-order valence-corrected chi connectivity index (χ2v) is 7.50. The molecule has 8 heteroatoms. The molecular weight excluding hydrogens is 421 g/mol. The van der Waals surface area contributed by atoms with Gasteiger partial charge in [-0.05, 0) is 24.1 Å². The second kappa shape index (κ2) is 8.26. The van der Waals surface area contributed by atoms with Gasteiger partial charge in [-0.15, -0.1) is 0 Å². The van der Waals surface area contributed by atoms with Gasteiger partial charge in [0.25, 0.3) is 11.2 Å². The van der Waals surface area contributed by atoms with Gasteiger partial charge in [0.05, 0.1) is 25.3 Å². The topological polar surface area (TPSA) is 44.8 Å². The first-order valence-electron chi connectivity index (χ1n) is 9.88. The van der Waals surface area contributed by atoms with Crippen molar-refractivity contribution in [2.75, 3.05) is 13.2 Å². The third-order valence-corrected chi connectivity index (χ3v) is 5.42. The predicted octanol–water partition coefficient (Wildman–Crippen LogP) is 5.35. The largest absolute Gasteiger partial charge is 0.407 e. The van der Waals surface area contributed by atoms with E-state index in [1.807, 2.05) is 6.92 Å². The molecule has 0 saturated carbocycles. The molecule has 0 spiro atoms. The minimum atomic E-state index is -4.82. The average Bonchev–Trinajstić information content (AvgIpc) is 3.23. The zero-order chi connectivity index (χ0) is 22.9. The summed E-state index contributed by atoms with van der Waals surface area (Å²) >= 11 is 0. The fourth-order valence-electron chi connectivity index (χ4n) is 3.74. The van der Waals surface area contributed by atoms with Gasteiger partial charge in [0, 0.05) is 17.8 Å². The van der Waals surface area contributed by atoms with E-state index in [-0.39, 0.29) is 12.2 Å². The number of rotatable bonds is 4. The highest BCUT2D eigenvalue weighted by Crippen LogP contribution is 2.37. The highest BCUT2D eigenvalue weighted by molar-refractivity contribution is 5.66. The van der Waals surface area contributed by atoms with Crippen molar-refractivity contribution in [3.63, 3.8) is 0 Å². The van der Waals surface area contributed by atoms with E-state index in [1.165, 1.54) is 4.57 Å². The van der Waals surface area contributed by atoms with Crippen molar-refractivity contribution in [1.82, 2.24) is 4.57 Å². The molecule has 2 aromatic carbocycles. The van der Waals surface area contributed by atoms with Crippen molar-refractivity contribution < 1.29 is 22.6 Å². The van der Waals surface area contributed by atoms with Crippen LogP contribution in [0.15, 0.2) is 65.5 Å². The lowest BCUT2D eigenvalue weighted by molar-refractivity contribution is -0.149. The van der Waals surface area contributed by atoms with Gasteiger partial charge in [0.1, 0.15) is 0 Å². The van der Waals surface area contributed by atoms with Crippen LogP contribution in [0.4, 0.5) is 18.9 Å². The second-order valence-electron chi connectivity index (χ2n) is 7.50. The molecule has 0 unspecified atom stereocenters. The average molecular weight is 440 g/mol. The molecule has 1 aromatic heterocycles. The minimum absolute atomic E-state index is 0.00241. The predicted molar refractivity (Wildman–Crippen MR) is 112 cm³/mol. The Morgan fingerprint density at radius 2 is 1.69 bits per heavy atom. The lowest BCUT2D eigenvalue weighted by Gasteiger charge is -2.23. The quantitative estimate of drug-likeness (QED) is 0.514. The fourth-order valence-corrected chi connectivity index (χ4v) is 3.74. The van der Waals surface area contributed by atoms with Gasteiger partial charge in [-0.25, -0.2) is 4.85 Å². The normalized spacial score (nSPS) is 15.5. The molecule has 1 aliphatic heterocycles. The van der Waals surface area contributed by atoms with Crippen LogP contribution in [-0.4, -0.2) is 17.8 Å². The van der Waals surface area contributed by atoms with E-state index in [9.17, 15) is 18.0 Å². The van der Waals surface area contributed by atoms with Crippen LogP contribution in [0.5, 0.6) is 0 Å². The standard InChI is InChI=1S/C24H19F3N2O3/c1-23(31-12-13-32-23)18-10-8-16(9-11-18)15-29-20(17-6-4-3-5-7-17)14-19(24(25,26)27)21(28-2)22(29)30/h3-11,14H,12-13,15H2,1H3. The van der Waals surface area contributed by atoms with Crippen LogP contribution in [0, 0.1) is 6.57 Å². The Bertz CT molecular complexity index is 1220. The molecule has 164 valence electrons. The SMILES string of the molecule is [C-]#[N+]c1c(C(F)(F)F)cc(-c2ccccc2)n(Cc2ccc(C3(C)OCCO3)cc2)c1=O. The summed E-state index contributed by atoms with van der Waals surface area (Å²) in [6.45, 7) is 9.97. The minimum Gasteiger partial charge on any atom is -0.344 e. The van der Waals surface area contributed by atoms with E-state index in [2.05, 4.69) is 4.85 Å². The molecule has 0 bridgehead atoms. The summed E-state index contributed by atoms with van der Waals surface area (Å²) in [6, 6.07) is 16.3. The van der Waals surface area contributed by atoms with E-state index in [1.54, 1.807) is 54.6 Å². The summed E-state index contributed by atoms with van der Waals surface area (Å²) in [5.74, 6) is -0.851. The van der Waals surface area contributed by atoms with E-state index in [0.29, 0.717) is 24.3 Å². The number of hydrogen-bond donors (Lipinski definition) is 0. The van der Waals surface area contributed by atoms with Crippen molar-refractivity contribution in [2.45, 2.75) is 25.4 Å². The Morgan fingerprint density at radius 1 is 1.06 bits per heavy atom. The maximum atomic E-state index is 13.6. The number of alkyl halides is 3. The highest BCUT2D eigenvalue weighted by Gasteiger charge is 2.36. The van der Waals surface area contributed by atoms with Gasteiger partial charge >= 0.3 is 6.18 Å². The summed E-state index contributed by atoms with van der Waals surface area (Å²) in [5, 5.41) is 0. The number of halogens is 3. The van der Waals surface area contributed by atoms with Crippen LogP contribution in [0.25, 0.3) is 16.1 Å². The zero-order valence-corrected chi connectivity index (χ0v) is 17.1. The van der Waals surface area contributed by atoms with Crippen LogP contribution < -0.4 is 5.56 Å². The Labute approximate surface area is 182 Å². The molecule has 0 radical (unpaired) electrons. The molecule has 5 nitrogen and oxygen atoms in total. The third kappa shape index (κ3) is 4.05. The number of ether oxygens (including phenoxy) is 2. The number of aromatic nitrogens is 1. The molecule has 1 aliphatic rings. The number of hydrogen-bond acceptors (Lipinski definition) is 3. The monoisotopic (exact) mass is 440 g/mol. The van der Waals surface area contributed by atoms with Crippen molar-refractivity contribution in [3.05, 3.63) is 99.1 Å². The number of pyridine rings is 1. The maximum absolute atomic E-state index is 13.6. The van der Waals surface area contributed by atoms with Crippen molar-refractivity contribution in [1.29, 1.82) is 0 Å². The van der Waals surface area contributed by atoms with Crippen LogP contribution in [0.2, 0.25) is 0 Å². The molecule has 4 rings (SSSR count). The summed E-state index contributed by atoms with van der Waals surface area (Å²) < 4.78 is 53.2. The Balaban J connectivity index is 1.81. The maximum Gasteiger partial charge on any atom is 0.407 e. The summed E-state index contributed by atoms with van der Waals surface area (Å²) in [6.07, 6.45) is -4.82. The summed E-state index contributed by atoms with van der Waals surface area (Å²) in [7, 11) is 0. The van der Waals surface area contributed by atoms with E-state index in [0.717, 1.165) is 11.6 Å². The van der Waals surface area contributed by atoms with Crippen molar-refractivity contribution in [2.24, 2.45) is 0 Å². The van der Waals surface area contributed by atoms with Gasteiger partial charge in [-0.3, -0.25) is 4.79 Å². The van der Waals surface area contributed by atoms with Crippen molar-refractivity contribution in [3.8, 4) is 11.3 Å². The lowest BCUT2D eigenvalue weighted by atomic mass is 10.0. The molecule has 1 saturated heterocycles. The summed E-state index contributed by atoms with van der Waals surface area (Å²) in [5.41, 5.74) is -1.13. The first-order chi connectivity index (χ1) is 15.2. The molecule has 0 atom stereocenters. The van der Waals surface area contributed by atoms with Crippen molar-refractivity contribution >= 4 is 5.69 Å². The van der Waals surface area contributed by atoms with Crippen LogP contribution in [-0.2, 0) is 28.0 Å². The van der Waals surface area contributed by atoms with Gasteiger partial charge in [-0.2, -0.15) is 13.2 Å². The first kappa shape index (κ1) is 21.8. The third-order valence-electron chi connectivity index (χ3n) is 5.42. The van der Waals surface area contributed by atoms with Crippen LogP contribution in [0.3, 0.4) is 0 Å². The van der Waals surface area contributed by atoms with E-state index < -0.39 is 28.8 Å². The van der Waals surface area contributed by atoms with Crippen LogP contribution >= 0.6 is 0 Å². The summed E-state index contributed by atoms with van der Waals surface area (Å²) in [4.78, 5) is 15.9. The number of benzene rings is 2. The van der Waals surface area contributed by atoms with E-state index in [4.69, 9.17) is 16.0 Å². The molecular formula is C24H19F3N2O3. The fraction of sp³-hybridized carbons (Fsp3) is 0.250.